The Labute approximate surface area is 226 Å². The predicted octanol–water partition coefficient (Wildman–Crippen LogP) is 6.88. The second kappa shape index (κ2) is 12.3. The average Bonchev–Trinajstić information content (AvgIpc) is 2.79. The molecule has 2 aliphatic rings. The Bertz CT molecular complexity index is 1220. The van der Waals surface area contributed by atoms with E-state index in [0.717, 1.165) is 33.7 Å². The maximum absolute atomic E-state index is 13.0. The fraction of sp³-hybridized carbons (Fsp3) is 0.414. The zero-order valence-electron chi connectivity index (χ0n) is 22.4. The summed E-state index contributed by atoms with van der Waals surface area (Å²) in [6.07, 6.45) is 5.34. The van der Waals surface area contributed by atoms with Gasteiger partial charge in [0.1, 0.15) is 6.61 Å². The van der Waals surface area contributed by atoms with Crippen LogP contribution in [-0.2, 0) is 0 Å². The first-order chi connectivity index (χ1) is 17.7. The molecule has 3 aromatic rings. The fourth-order valence-corrected chi connectivity index (χ4v) is 5.21. The van der Waals surface area contributed by atoms with Crippen molar-refractivity contribution < 1.29 is 9.53 Å². The topological polar surface area (TPSA) is 76.1 Å². The molecule has 0 saturated carbocycles. The molecule has 1 atom stereocenters. The van der Waals surface area contributed by atoms with E-state index in [2.05, 4.69) is 61.8 Å². The minimum atomic E-state index is -0.162. The van der Waals surface area contributed by atoms with E-state index in [1.807, 2.05) is 36.4 Å². The van der Waals surface area contributed by atoms with Crippen LogP contribution in [0.5, 0.6) is 5.88 Å². The third-order valence-corrected chi connectivity index (χ3v) is 8.32. The number of fused-ring (bicyclic) bond motifs is 4. The molecular formula is C29H37N4O2PS. The van der Waals surface area contributed by atoms with E-state index < -0.39 is 0 Å². The number of nitrogens with one attached hydrogen (secondary N) is 2. The Morgan fingerprint density at radius 3 is 2.38 bits per heavy atom. The van der Waals surface area contributed by atoms with E-state index in [-0.39, 0.29) is 17.4 Å². The molecule has 3 heterocycles. The van der Waals surface area contributed by atoms with Crippen LogP contribution in [0.4, 0.5) is 5.95 Å². The second-order valence-electron chi connectivity index (χ2n) is 10.8. The number of hydrogen-bond donors (Lipinski definition) is 2. The summed E-state index contributed by atoms with van der Waals surface area (Å²) in [6, 6.07) is 15.4. The summed E-state index contributed by atoms with van der Waals surface area (Å²) in [4.78, 5) is 23.2. The van der Waals surface area contributed by atoms with Crippen LogP contribution in [0.15, 0.2) is 53.4 Å². The van der Waals surface area contributed by atoms with Gasteiger partial charge in [-0.05, 0) is 85.7 Å². The van der Waals surface area contributed by atoms with Gasteiger partial charge in [0.25, 0.3) is 5.91 Å². The van der Waals surface area contributed by atoms with Crippen molar-refractivity contribution in [3.05, 3.63) is 65.2 Å². The highest BCUT2D eigenvalue weighted by Gasteiger charge is 2.23. The zero-order valence-corrected chi connectivity index (χ0v) is 24.2. The van der Waals surface area contributed by atoms with Crippen molar-refractivity contribution in [2.45, 2.75) is 58.4 Å². The summed E-state index contributed by atoms with van der Waals surface area (Å²) >= 11 is 1.37. The molecule has 37 heavy (non-hydrogen) atoms. The molecule has 1 amide bonds. The minimum absolute atomic E-state index is 0.0226. The molecule has 2 aliphatic heterocycles. The molecule has 1 unspecified atom stereocenters. The highest BCUT2D eigenvalue weighted by atomic mass is 32.2. The standard InChI is InChI=1S/C26H30N4O2S.C3H7P/c1-16-8-6-9-17(2)23(16)21-13-22-29-25(28-21)30-33-20-11-7-10-18(12-20)24(31)27-19(15-32-22)14-26(3,4)5;1-2-4-3-1/h6-13,19H,14-15H2,1-5H3,(H,27,31)(H,28,29,30);4H,1-3H2. The van der Waals surface area contributed by atoms with Gasteiger partial charge >= 0.3 is 0 Å². The van der Waals surface area contributed by atoms with Gasteiger partial charge in [0.15, 0.2) is 0 Å². The van der Waals surface area contributed by atoms with Gasteiger partial charge in [0, 0.05) is 22.1 Å². The molecule has 8 heteroatoms. The Morgan fingerprint density at radius 2 is 1.73 bits per heavy atom. The van der Waals surface area contributed by atoms with E-state index in [0.29, 0.717) is 24.0 Å². The van der Waals surface area contributed by atoms with Crippen molar-refractivity contribution >= 4 is 32.4 Å². The lowest BCUT2D eigenvalue weighted by atomic mass is 9.88. The van der Waals surface area contributed by atoms with Crippen molar-refractivity contribution in [3.63, 3.8) is 0 Å². The highest BCUT2D eigenvalue weighted by Crippen LogP contribution is 2.31. The lowest BCUT2D eigenvalue weighted by Crippen LogP contribution is -2.41. The maximum Gasteiger partial charge on any atom is 0.251 e. The zero-order chi connectivity index (χ0) is 26.4. The number of aromatic nitrogens is 2. The van der Waals surface area contributed by atoms with Crippen LogP contribution in [0, 0.1) is 19.3 Å². The number of carbonyl (C=O) groups excluding carboxylic acids is 1. The number of rotatable bonds is 2. The molecule has 0 aliphatic carbocycles. The Morgan fingerprint density at radius 1 is 1.05 bits per heavy atom. The first kappa shape index (κ1) is 27.4. The van der Waals surface area contributed by atoms with Crippen LogP contribution in [0.25, 0.3) is 11.3 Å². The third kappa shape index (κ3) is 7.93. The minimum Gasteiger partial charge on any atom is -0.475 e. The number of nitrogens with zero attached hydrogens (tertiary/aromatic N) is 2. The number of aryl methyl sites for hydroxylation is 2. The van der Waals surface area contributed by atoms with Crippen molar-refractivity contribution in [3.8, 4) is 17.1 Å². The molecule has 2 N–H and O–H groups in total. The predicted molar refractivity (Wildman–Crippen MR) is 156 cm³/mol. The largest absolute Gasteiger partial charge is 0.475 e. The molecule has 196 valence electrons. The van der Waals surface area contributed by atoms with Crippen molar-refractivity contribution in [1.29, 1.82) is 0 Å². The van der Waals surface area contributed by atoms with E-state index >= 15 is 0 Å². The van der Waals surface area contributed by atoms with E-state index in [1.54, 1.807) is 0 Å². The molecule has 0 radical (unpaired) electrons. The van der Waals surface area contributed by atoms with Crippen molar-refractivity contribution in [2.24, 2.45) is 5.41 Å². The van der Waals surface area contributed by atoms with Crippen LogP contribution in [-0.4, -0.2) is 40.8 Å². The van der Waals surface area contributed by atoms with Crippen LogP contribution in [0.3, 0.4) is 0 Å². The molecule has 0 spiro atoms. The summed E-state index contributed by atoms with van der Waals surface area (Å²) in [6.45, 7) is 10.9. The smallest absolute Gasteiger partial charge is 0.251 e. The summed E-state index contributed by atoms with van der Waals surface area (Å²) in [7, 11) is 1.32. The maximum atomic E-state index is 13.0. The van der Waals surface area contributed by atoms with Gasteiger partial charge < -0.3 is 10.1 Å². The van der Waals surface area contributed by atoms with E-state index in [4.69, 9.17) is 9.72 Å². The van der Waals surface area contributed by atoms with Crippen LogP contribution in [0.1, 0.15) is 55.1 Å². The molecule has 4 bridgehead atoms. The molecule has 1 saturated heterocycles. The summed E-state index contributed by atoms with van der Waals surface area (Å²) in [5.41, 5.74) is 4.80. The van der Waals surface area contributed by atoms with Gasteiger partial charge in [-0.1, -0.05) is 45.0 Å². The number of hydrogen-bond acceptors (Lipinski definition) is 6. The molecule has 1 fully saturated rings. The van der Waals surface area contributed by atoms with Gasteiger partial charge in [-0.2, -0.15) is 4.98 Å². The molecule has 1 aromatic heterocycles. The fourth-order valence-electron chi connectivity index (χ4n) is 4.22. The van der Waals surface area contributed by atoms with Crippen LogP contribution >= 0.6 is 20.5 Å². The van der Waals surface area contributed by atoms with E-state index in [1.165, 1.54) is 39.3 Å². The SMILES string of the molecule is C1CPC1.Cc1cccc(C)c1-c1cc2nc(n1)NSc1cccc(c1)C(=O)NC(CC(C)(C)C)CO2. The number of carbonyl (C=O) groups is 1. The van der Waals surface area contributed by atoms with Crippen LogP contribution in [0.2, 0.25) is 0 Å². The summed E-state index contributed by atoms with van der Waals surface area (Å²) in [5.74, 6) is 0.833. The number of ether oxygens (including phenoxy) is 1. The normalized spacial score (nSPS) is 17.2. The Hall–Kier alpha value is -2.63. The number of amides is 1. The Kier molecular flexibility index (Phi) is 9.09. The monoisotopic (exact) mass is 536 g/mol. The first-order valence-corrected chi connectivity index (χ1v) is 15.0. The van der Waals surface area contributed by atoms with E-state index in [9.17, 15) is 4.79 Å². The molecular weight excluding hydrogens is 499 g/mol. The lowest BCUT2D eigenvalue weighted by molar-refractivity contribution is 0.0903. The quantitative estimate of drug-likeness (QED) is 0.275. The average molecular weight is 537 g/mol. The van der Waals surface area contributed by atoms with Crippen molar-refractivity contribution in [2.75, 3.05) is 23.7 Å². The van der Waals surface area contributed by atoms with Gasteiger partial charge in [0.2, 0.25) is 11.8 Å². The molecule has 5 rings (SSSR count). The van der Waals surface area contributed by atoms with Crippen LogP contribution < -0.4 is 14.8 Å². The molecule has 6 nitrogen and oxygen atoms in total. The number of benzene rings is 2. The van der Waals surface area contributed by atoms with Gasteiger partial charge in [-0.25, -0.2) is 4.98 Å². The first-order valence-electron chi connectivity index (χ1n) is 12.8. The van der Waals surface area contributed by atoms with Gasteiger partial charge in [-0.15, -0.1) is 8.58 Å². The van der Waals surface area contributed by atoms with Gasteiger partial charge in [0.05, 0.1) is 11.7 Å². The highest BCUT2D eigenvalue weighted by molar-refractivity contribution is 8.00. The third-order valence-electron chi connectivity index (χ3n) is 6.13. The summed E-state index contributed by atoms with van der Waals surface area (Å²) in [5, 5.41) is 3.16. The number of anilines is 1. The van der Waals surface area contributed by atoms with Crippen molar-refractivity contribution in [1.82, 2.24) is 15.3 Å². The lowest BCUT2D eigenvalue weighted by Gasteiger charge is -2.27. The summed E-state index contributed by atoms with van der Waals surface area (Å²) < 4.78 is 9.38. The van der Waals surface area contributed by atoms with Gasteiger partial charge in [-0.3, -0.25) is 9.52 Å². The molecule has 2 aromatic carbocycles. The Balaban J connectivity index is 0.000000730. The second-order valence-corrected chi connectivity index (χ2v) is 13.1.